The molecule has 140 valence electrons. The highest BCUT2D eigenvalue weighted by Gasteiger charge is 2.25. The van der Waals surface area contributed by atoms with Gasteiger partial charge in [0.1, 0.15) is 5.82 Å². The molecule has 7 nitrogen and oxygen atoms in total. The van der Waals surface area contributed by atoms with Crippen LogP contribution >= 0.6 is 0 Å². The van der Waals surface area contributed by atoms with Gasteiger partial charge < -0.3 is 15.4 Å². The van der Waals surface area contributed by atoms with Gasteiger partial charge in [-0.1, -0.05) is 0 Å². The zero-order valence-corrected chi connectivity index (χ0v) is 15.0. The van der Waals surface area contributed by atoms with Crippen LogP contribution in [0.2, 0.25) is 0 Å². The Labute approximate surface area is 151 Å². The van der Waals surface area contributed by atoms with Gasteiger partial charge in [-0.15, -0.1) is 0 Å². The number of aryl methyl sites for hydroxylation is 1. The second-order valence-electron chi connectivity index (χ2n) is 6.47. The predicted octanol–water partition coefficient (Wildman–Crippen LogP) is 2.64. The van der Waals surface area contributed by atoms with Crippen molar-refractivity contribution in [1.29, 1.82) is 0 Å². The van der Waals surface area contributed by atoms with Gasteiger partial charge in [0.25, 0.3) is 0 Å². The summed E-state index contributed by atoms with van der Waals surface area (Å²) in [5.41, 5.74) is 2.44. The molecule has 8 heteroatoms. The van der Waals surface area contributed by atoms with Crippen molar-refractivity contribution in [3.8, 4) is 11.4 Å². The molecule has 1 aliphatic rings. The van der Waals surface area contributed by atoms with Gasteiger partial charge in [-0.05, 0) is 44.4 Å². The van der Waals surface area contributed by atoms with Gasteiger partial charge in [0.2, 0.25) is 0 Å². The standard InChI is InChI=1S/C18H24FN5O2/c1-12(22-14-5-6-14)16-10-17(15-7-4-13(19)11-21-15)24(23-16)9-3-8-20-18(25)26-2/h4,7,10-12,14,22H,3,5-6,8-9H2,1-2H3,(H,20,25). The van der Waals surface area contributed by atoms with E-state index < -0.39 is 6.09 Å². The molecule has 2 N–H and O–H groups in total. The van der Waals surface area contributed by atoms with E-state index in [-0.39, 0.29) is 11.9 Å². The van der Waals surface area contributed by atoms with Gasteiger partial charge in [-0.2, -0.15) is 5.10 Å². The molecule has 0 saturated heterocycles. The second-order valence-corrected chi connectivity index (χ2v) is 6.47. The van der Waals surface area contributed by atoms with E-state index in [2.05, 4.69) is 27.3 Å². The van der Waals surface area contributed by atoms with E-state index >= 15 is 0 Å². The number of rotatable bonds is 8. The molecule has 2 aromatic heterocycles. The molecule has 0 aliphatic heterocycles. The third-order valence-electron chi connectivity index (χ3n) is 4.30. The summed E-state index contributed by atoms with van der Waals surface area (Å²) in [5, 5.41) is 10.9. The summed E-state index contributed by atoms with van der Waals surface area (Å²) in [6.45, 7) is 3.17. The molecule has 2 heterocycles. The summed E-state index contributed by atoms with van der Waals surface area (Å²) in [7, 11) is 1.33. The Morgan fingerprint density at radius 1 is 1.46 bits per heavy atom. The summed E-state index contributed by atoms with van der Waals surface area (Å²) in [6.07, 6.45) is 3.85. The van der Waals surface area contributed by atoms with Crippen LogP contribution in [0.3, 0.4) is 0 Å². The van der Waals surface area contributed by atoms with Crippen LogP contribution in [0.5, 0.6) is 0 Å². The van der Waals surface area contributed by atoms with Crippen LogP contribution in [0, 0.1) is 5.82 Å². The second kappa shape index (κ2) is 8.27. The molecule has 2 aromatic rings. The first-order chi connectivity index (χ1) is 12.6. The van der Waals surface area contributed by atoms with Gasteiger partial charge in [-0.3, -0.25) is 9.67 Å². The summed E-state index contributed by atoms with van der Waals surface area (Å²) >= 11 is 0. The number of pyridine rings is 1. The first-order valence-electron chi connectivity index (χ1n) is 8.84. The largest absolute Gasteiger partial charge is 0.453 e. The highest BCUT2D eigenvalue weighted by atomic mass is 19.1. The lowest BCUT2D eigenvalue weighted by Crippen LogP contribution is -2.25. The average molecular weight is 361 g/mol. The van der Waals surface area contributed by atoms with Crippen LogP contribution < -0.4 is 10.6 Å². The highest BCUT2D eigenvalue weighted by Crippen LogP contribution is 2.26. The van der Waals surface area contributed by atoms with Crippen LogP contribution in [0.4, 0.5) is 9.18 Å². The third kappa shape index (κ3) is 4.78. The number of hydrogen-bond acceptors (Lipinski definition) is 5. The van der Waals surface area contributed by atoms with E-state index in [0.29, 0.717) is 31.2 Å². The molecular formula is C18H24FN5O2. The Morgan fingerprint density at radius 2 is 2.27 bits per heavy atom. The van der Waals surface area contributed by atoms with E-state index in [1.165, 1.54) is 32.2 Å². The molecule has 1 unspecified atom stereocenters. The van der Waals surface area contributed by atoms with Gasteiger partial charge in [0.15, 0.2) is 0 Å². The number of ether oxygens (including phenoxy) is 1. The summed E-state index contributed by atoms with van der Waals surface area (Å²) in [4.78, 5) is 15.3. The number of nitrogens with one attached hydrogen (secondary N) is 2. The summed E-state index contributed by atoms with van der Waals surface area (Å²) in [5.74, 6) is -0.369. The zero-order chi connectivity index (χ0) is 18.5. The molecule has 1 saturated carbocycles. The third-order valence-corrected chi connectivity index (χ3v) is 4.30. The Kier molecular flexibility index (Phi) is 5.82. The van der Waals surface area contributed by atoms with Crippen molar-refractivity contribution in [2.24, 2.45) is 0 Å². The minimum Gasteiger partial charge on any atom is -0.453 e. The first-order valence-corrected chi connectivity index (χ1v) is 8.84. The van der Waals surface area contributed by atoms with Crippen LogP contribution in [0.25, 0.3) is 11.4 Å². The van der Waals surface area contributed by atoms with Crippen molar-refractivity contribution < 1.29 is 13.9 Å². The number of methoxy groups -OCH3 is 1. The van der Waals surface area contributed by atoms with E-state index in [4.69, 9.17) is 5.10 Å². The maximum absolute atomic E-state index is 13.2. The molecule has 0 radical (unpaired) electrons. The van der Waals surface area contributed by atoms with Crippen LogP contribution in [0.15, 0.2) is 24.4 Å². The Balaban J connectivity index is 1.74. The maximum Gasteiger partial charge on any atom is 0.406 e. The number of halogens is 1. The van der Waals surface area contributed by atoms with Crippen LogP contribution in [-0.2, 0) is 11.3 Å². The van der Waals surface area contributed by atoms with Crippen molar-refractivity contribution in [2.45, 2.75) is 44.8 Å². The molecule has 0 bridgehead atoms. The fourth-order valence-corrected chi connectivity index (χ4v) is 2.73. The minimum absolute atomic E-state index is 0.135. The van der Waals surface area contributed by atoms with Gasteiger partial charge >= 0.3 is 6.09 Å². The number of hydrogen-bond donors (Lipinski definition) is 2. The Hall–Kier alpha value is -2.48. The van der Waals surface area contributed by atoms with Crippen molar-refractivity contribution in [2.75, 3.05) is 13.7 Å². The normalized spacial score (nSPS) is 14.9. The quantitative estimate of drug-likeness (QED) is 0.707. The van der Waals surface area contributed by atoms with Gasteiger partial charge in [0.05, 0.1) is 30.4 Å². The summed E-state index contributed by atoms with van der Waals surface area (Å²) < 4.78 is 19.6. The molecule has 1 fully saturated rings. The predicted molar refractivity (Wildman–Crippen MR) is 95.0 cm³/mol. The molecule has 0 aromatic carbocycles. The number of aromatic nitrogens is 3. The Bertz CT molecular complexity index is 743. The number of nitrogens with zero attached hydrogens (tertiary/aromatic N) is 3. The van der Waals surface area contributed by atoms with Crippen molar-refractivity contribution in [1.82, 2.24) is 25.4 Å². The highest BCUT2D eigenvalue weighted by molar-refractivity contribution is 5.66. The fraction of sp³-hybridized carbons (Fsp3) is 0.500. The number of carbonyl (C=O) groups excluding carboxylic acids is 1. The molecule has 3 rings (SSSR count). The van der Waals surface area contributed by atoms with Crippen LogP contribution in [-0.4, -0.2) is 40.6 Å². The molecule has 1 aliphatic carbocycles. The lowest BCUT2D eigenvalue weighted by molar-refractivity contribution is 0.170. The first kappa shape index (κ1) is 18.3. The zero-order valence-electron chi connectivity index (χ0n) is 15.0. The monoisotopic (exact) mass is 361 g/mol. The maximum atomic E-state index is 13.2. The fourth-order valence-electron chi connectivity index (χ4n) is 2.73. The average Bonchev–Trinajstić information content (AvgIpc) is 3.35. The SMILES string of the molecule is COC(=O)NCCCn1nc(C(C)NC2CC2)cc1-c1ccc(F)cn1. The number of amides is 1. The van der Waals surface area contributed by atoms with E-state index in [1.54, 1.807) is 6.07 Å². The Morgan fingerprint density at radius 3 is 2.92 bits per heavy atom. The number of alkyl carbamates (subject to hydrolysis) is 1. The van der Waals surface area contributed by atoms with Gasteiger partial charge in [0, 0.05) is 25.2 Å². The molecule has 0 spiro atoms. The molecular weight excluding hydrogens is 337 g/mol. The van der Waals surface area contributed by atoms with E-state index in [1.807, 2.05) is 10.7 Å². The summed E-state index contributed by atoms with van der Waals surface area (Å²) in [6, 6.07) is 5.75. The smallest absolute Gasteiger partial charge is 0.406 e. The number of carbonyl (C=O) groups is 1. The minimum atomic E-state index is -0.450. The van der Waals surface area contributed by atoms with Crippen molar-refractivity contribution >= 4 is 6.09 Å². The van der Waals surface area contributed by atoms with Gasteiger partial charge in [-0.25, -0.2) is 9.18 Å². The van der Waals surface area contributed by atoms with Crippen molar-refractivity contribution in [3.63, 3.8) is 0 Å². The molecule has 1 amide bonds. The van der Waals surface area contributed by atoms with Crippen LogP contribution in [0.1, 0.15) is 37.9 Å². The molecule has 26 heavy (non-hydrogen) atoms. The lowest BCUT2D eigenvalue weighted by Gasteiger charge is -2.10. The topological polar surface area (TPSA) is 81.1 Å². The van der Waals surface area contributed by atoms with E-state index in [0.717, 1.165) is 11.4 Å². The molecule has 1 atom stereocenters. The van der Waals surface area contributed by atoms with E-state index in [9.17, 15) is 9.18 Å². The van der Waals surface area contributed by atoms with Crippen molar-refractivity contribution in [3.05, 3.63) is 35.9 Å². The lowest BCUT2D eigenvalue weighted by atomic mass is 10.2.